The predicted octanol–water partition coefficient (Wildman–Crippen LogP) is 1.35. The second-order valence-electron chi connectivity index (χ2n) is 4.44. The van der Waals surface area contributed by atoms with Crippen molar-refractivity contribution in [3.05, 3.63) is 29.8 Å². The molecule has 1 atom stereocenters. The highest BCUT2D eigenvalue weighted by Gasteiger charge is 2.32. The summed E-state index contributed by atoms with van der Waals surface area (Å²) >= 11 is 0. The van der Waals surface area contributed by atoms with Crippen LogP contribution in [0.4, 0.5) is 5.69 Å². The van der Waals surface area contributed by atoms with Gasteiger partial charge in [0.15, 0.2) is 0 Å². The van der Waals surface area contributed by atoms with E-state index in [0.29, 0.717) is 24.2 Å². The van der Waals surface area contributed by atoms with Crippen molar-refractivity contribution in [2.45, 2.75) is 25.3 Å². The average Bonchev–Trinajstić information content (AvgIpc) is 2.38. The van der Waals surface area contributed by atoms with Crippen LogP contribution < -0.4 is 5.73 Å². The molecule has 1 aliphatic heterocycles. The van der Waals surface area contributed by atoms with Crippen molar-refractivity contribution < 1.29 is 14.7 Å². The van der Waals surface area contributed by atoms with Crippen LogP contribution in [0.1, 0.15) is 29.6 Å². The molecule has 0 saturated carbocycles. The van der Waals surface area contributed by atoms with E-state index < -0.39 is 12.0 Å². The first-order valence-electron chi connectivity index (χ1n) is 5.99. The SMILES string of the molecule is Nc1ccccc1C(=O)N1CCCC[C@H]1C(=O)O. The average molecular weight is 248 g/mol. The summed E-state index contributed by atoms with van der Waals surface area (Å²) in [5.74, 6) is -1.24. The van der Waals surface area contributed by atoms with Gasteiger partial charge in [0.05, 0.1) is 5.56 Å². The van der Waals surface area contributed by atoms with Crippen LogP contribution in [-0.4, -0.2) is 34.5 Å². The van der Waals surface area contributed by atoms with E-state index in [1.165, 1.54) is 4.90 Å². The Labute approximate surface area is 105 Å². The minimum absolute atomic E-state index is 0.291. The van der Waals surface area contributed by atoms with Gasteiger partial charge in [-0.3, -0.25) is 4.79 Å². The molecule has 0 unspecified atom stereocenters. The highest BCUT2D eigenvalue weighted by atomic mass is 16.4. The minimum Gasteiger partial charge on any atom is -0.480 e. The summed E-state index contributed by atoms with van der Waals surface area (Å²) in [6.45, 7) is 0.476. The highest BCUT2D eigenvalue weighted by molar-refractivity contribution is 6.00. The van der Waals surface area contributed by atoms with Gasteiger partial charge in [0.1, 0.15) is 6.04 Å². The van der Waals surface area contributed by atoms with Crippen LogP contribution in [0, 0.1) is 0 Å². The summed E-state index contributed by atoms with van der Waals surface area (Å²) in [6, 6.07) is 6.02. The van der Waals surface area contributed by atoms with E-state index in [9.17, 15) is 9.59 Å². The molecule has 1 heterocycles. The van der Waals surface area contributed by atoms with Gasteiger partial charge in [0.25, 0.3) is 5.91 Å². The van der Waals surface area contributed by atoms with E-state index in [4.69, 9.17) is 10.8 Å². The maximum Gasteiger partial charge on any atom is 0.326 e. The molecule has 1 aromatic rings. The normalized spacial score (nSPS) is 19.6. The Morgan fingerprint density at radius 2 is 2.00 bits per heavy atom. The summed E-state index contributed by atoms with van der Waals surface area (Å²) in [5, 5.41) is 9.15. The number of carboxylic acid groups (broad SMARTS) is 1. The number of carbonyl (C=O) groups excluding carboxylic acids is 1. The minimum atomic E-state index is -0.947. The van der Waals surface area contributed by atoms with Gasteiger partial charge in [0.2, 0.25) is 0 Å². The van der Waals surface area contributed by atoms with Crippen molar-refractivity contribution in [1.29, 1.82) is 0 Å². The molecule has 0 bridgehead atoms. The van der Waals surface area contributed by atoms with Gasteiger partial charge in [-0.2, -0.15) is 0 Å². The van der Waals surface area contributed by atoms with Crippen molar-refractivity contribution in [2.75, 3.05) is 12.3 Å². The number of hydrogen-bond donors (Lipinski definition) is 2. The molecule has 1 aliphatic rings. The fourth-order valence-corrected chi connectivity index (χ4v) is 2.28. The van der Waals surface area contributed by atoms with Crippen LogP contribution in [0.3, 0.4) is 0 Å². The lowest BCUT2D eigenvalue weighted by Gasteiger charge is -2.33. The smallest absolute Gasteiger partial charge is 0.326 e. The Morgan fingerprint density at radius 1 is 1.28 bits per heavy atom. The third kappa shape index (κ3) is 2.30. The predicted molar refractivity (Wildman–Crippen MR) is 67.2 cm³/mol. The van der Waals surface area contributed by atoms with Crippen molar-refractivity contribution in [2.24, 2.45) is 0 Å². The van der Waals surface area contributed by atoms with Crippen LogP contribution in [0.5, 0.6) is 0 Å². The largest absolute Gasteiger partial charge is 0.480 e. The summed E-state index contributed by atoms with van der Waals surface area (Å²) in [6.07, 6.45) is 2.18. The molecule has 2 rings (SSSR count). The van der Waals surface area contributed by atoms with Gasteiger partial charge in [-0.05, 0) is 31.4 Å². The first-order valence-corrected chi connectivity index (χ1v) is 5.99. The Morgan fingerprint density at radius 3 is 2.67 bits per heavy atom. The summed E-state index contributed by atoms with van der Waals surface area (Å²) in [5.41, 5.74) is 6.52. The van der Waals surface area contributed by atoms with Gasteiger partial charge < -0.3 is 15.7 Å². The summed E-state index contributed by atoms with van der Waals surface area (Å²) < 4.78 is 0. The molecular weight excluding hydrogens is 232 g/mol. The summed E-state index contributed by atoms with van der Waals surface area (Å²) in [7, 11) is 0. The number of hydrogen-bond acceptors (Lipinski definition) is 3. The number of aliphatic carboxylic acids is 1. The van der Waals surface area contributed by atoms with E-state index in [0.717, 1.165) is 12.8 Å². The Kier molecular flexibility index (Phi) is 3.50. The number of nitrogens with two attached hydrogens (primary N) is 1. The molecule has 0 aliphatic carbocycles. The topological polar surface area (TPSA) is 83.6 Å². The molecule has 1 amide bonds. The summed E-state index contributed by atoms with van der Waals surface area (Å²) in [4.78, 5) is 24.9. The molecule has 5 heteroatoms. The van der Waals surface area contributed by atoms with E-state index >= 15 is 0 Å². The third-order valence-corrected chi connectivity index (χ3v) is 3.24. The molecule has 5 nitrogen and oxygen atoms in total. The molecule has 18 heavy (non-hydrogen) atoms. The van der Waals surface area contributed by atoms with E-state index in [1.807, 2.05) is 0 Å². The van der Waals surface area contributed by atoms with E-state index in [-0.39, 0.29) is 5.91 Å². The molecule has 1 fully saturated rings. The van der Waals surface area contributed by atoms with Gasteiger partial charge in [-0.1, -0.05) is 12.1 Å². The second-order valence-corrected chi connectivity index (χ2v) is 4.44. The molecule has 0 spiro atoms. The number of carbonyl (C=O) groups is 2. The van der Waals surface area contributed by atoms with Gasteiger partial charge >= 0.3 is 5.97 Å². The molecule has 0 radical (unpaired) electrons. The first-order chi connectivity index (χ1) is 8.61. The number of amides is 1. The van der Waals surface area contributed by atoms with E-state index in [1.54, 1.807) is 24.3 Å². The van der Waals surface area contributed by atoms with Gasteiger partial charge in [-0.25, -0.2) is 4.79 Å². The quantitative estimate of drug-likeness (QED) is 0.774. The zero-order valence-corrected chi connectivity index (χ0v) is 10.0. The van der Waals surface area contributed by atoms with Gasteiger partial charge in [0, 0.05) is 12.2 Å². The number of rotatable bonds is 2. The monoisotopic (exact) mass is 248 g/mol. The number of nitrogen functional groups attached to an aromatic ring is 1. The lowest BCUT2D eigenvalue weighted by atomic mass is 10.0. The Bertz CT molecular complexity index is 473. The molecule has 96 valence electrons. The zero-order valence-electron chi connectivity index (χ0n) is 10.0. The number of likely N-dealkylation sites (tertiary alicyclic amines) is 1. The molecular formula is C13H16N2O3. The molecule has 1 aromatic carbocycles. The maximum atomic E-state index is 12.3. The molecule has 1 saturated heterocycles. The number of anilines is 1. The lowest BCUT2D eigenvalue weighted by molar-refractivity contribution is -0.143. The first kappa shape index (κ1) is 12.4. The zero-order chi connectivity index (χ0) is 13.1. The number of nitrogens with zero attached hydrogens (tertiary/aromatic N) is 1. The Hall–Kier alpha value is -2.04. The maximum absolute atomic E-state index is 12.3. The molecule has 3 N–H and O–H groups in total. The van der Waals surface area contributed by atoms with Crippen LogP contribution in [0.15, 0.2) is 24.3 Å². The number of benzene rings is 1. The fourth-order valence-electron chi connectivity index (χ4n) is 2.28. The standard InChI is InChI=1S/C13H16N2O3/c14-10-6-2-1-5-9(10)12(16)15-8-4-3-7-11(15)13(17)18/h1-2,5-6,11H,3-4,7-8,14H2,(H,17,18)/t11-/m0/s1. The third-order valence-electron chi connectivity index (χ3n) is 3.24. The van der Waals surface area contributed by atoms with Crippen LogP contribution in [0.25, 0.3) is 0 Å². The number of piperidine rings is 1. The second kappa shape index (κ2) is 5.08. The van der Waals surface area contributed by atoms with Crippen LogP contribution >= 0.6 is 0 Å². The Balaban J connectivity index is 2.27. The van der Waals surface area contributed by atoms with Gasteiger partial charge in [-0.15, -0.1) is 0 Å². The van der Waals surface area contributed by atoms with Crippen molar-refractivity contribution in [3.63, 3.8) is 0 Å². The van der Waals surface area contributed by atoms with Crippen LogP contribution in [0.2, 0.25) is 0 Å². The van der Waals surface area contributed by atoms with Crippen molar-refractivity contribution in [1.82, 2.24) is 4.90 Å². The van der Waals surface area contributed by atoms with Crippen molar-refractivity contribution >= 4 is 17.6 Å². The van der Waals surface area contributed by atoms with E-state index in [2.05, 4.69) is 0 Å². The molecule has 0 aromatic heterocycles. The lowest BCUT2D eigenvalue weighted by Crippen LogP contribution is -2.48. The number of carboxylic acids is 1. The van der Waals surface area contributed by atoms with Crippen LogP contribution in [-0.2, 0) is 4.79 Å². The van der Waals surface area contributed by atoms with Crippen molar-refractivity contribution in [3.8, 4) is 0 Å². The number of para-hydroxylation sites is 1. The fraction of sp³-hybridized carbons (Fsp3) is 0.385. The highest BCUT2D eigenvalue weighted by Crippen LogP contribution is 2.22.